The fraction of sp³-hybridized carbons (Fsp3) is 0.680. The van der Waals surface area contributed by atoms with Crippen molar-refractivity contribution in [3.8, 4) is 0 Å². The van der Waals surface area contributed by atoms with E-state index in [1.165, 1.54) is 6.33 Å². The van der Waals surface area contributed by atoms with E-state index in [0.29, 0.717) is 45.7 Å². The number of hydrogen-bond acceptors (Lipinski definition) is 9. The minimum Gasteiger partial charge on any atom is -0.381 e. The second kappa shape index (κ2) is 10.9. The van der Waals surface area contributed by atoms with Gasteiger partial charge in [-0.1, -0.05) is 6.92 Å². The van der Waals surface area contributed by atoms with Gasteiger partial charge in [0.1, 0.15) is 23.8 Å². The van der Waals surface area contributed by atoms with Crippen LogP contribution < -0.4 is 10.2 Å². The molecule has 11 nitrogen and oxygen atoms in total. The molecule has 0 aromatic carbocycles. The monoisotopic (exact) mass is 586 g/mol. The molecule has 1 atom stereocenters. The van der Waals surface area contributed by atoms with Crippen LogP contribution in [-0.4, -0.2) is 79.2 Å². The molecule has 0 bridgehead atoms. The topological polar surface area (TPSA) is 129 Å². The highest BCUT2D eigenvalue weighted by molar-refractivity contribution is 7.85. The van der Waals surface area contributed by atoms with Crippen LogP contribution in [-0.2, 0) is 35.8 Å². The highest BCUT2D eigenvalue weighted by Gasteiger charge is 2.48. The first-order valence-electron chi connectivity index (χ1n) is 13.3. The number of nitrogens with zero attached hydrogens (tertiary/aromatic N) is 5. The van der Waals surface area contributed by atoms with E-state index in [9.17, 15) is 26.4 Å². The van der Waals surface area contributed by atoms with Crippen LogP contribution in [0.1, 0.15) is 67.9 Å². The van der Waals surface area contributed by atoms with Crippen molar-refractivity contribution in [1.29, 1.82) is 0 Å². The van der Waals surface area contributed by atoms with Crippen molar-refractivity contribution in [3.63, 3.8) is 0 Å². The maximum Gasteiger partial charge on any atom is 0.396 e. The number of ether oxygens (including phenoxy) is 1. The minimum absolute atomic E-state index is 0.00227. The van der Waals surface area contributed by atoms with E-state index in [-0.39, 0.29) is 35.1 Å². The van der Waals surface area contributed by atoms with Gasteiger partial charge in [0.2, 0.25) is 5.91 Å². The summed E-state index contributed by atoms with van der Waals surface area (Å²) < 4.78 is 77.2. The van der Waals surface area contributed by atoms with Gasteiger partial charge >= 0.3 is 6.18 Å². The smallest absolute Gasteiger partial charge is 0.381 e. The zero-order chi connectivity index (χ0) is 28.7. The fourth-order valence-corrected chi connectivity index (χ4v) is 6.13. The van der Waals surface area contributed by atoms with Crippen LogP contribution in [0.25, 0.3) is 0 Å². The molecule has 3 aliphatic heterocycles. The number of rotatable bonds is 7. The van der Waals surface area contributed by atoms with Gasteiger partial charge in [-0.05, 0) is 25.7 Å². The summed E-state index contributed by atoms with van der Waals surface area (Å²) in [5.74, 6) is -1.79. The molecule has 3 aliphatic rings. The number of carbonyl (C=O) groups excluding carboxylic acids is 1. The first-order chi connectivity index (χ1) is 18.8. The van der Waals surface area contributed by atoms with Gasteiger partial charge in [0, 0.05) is 56.8 Å². The molecule has 40 heavy (non-hydrogen) atoms. The van der Waals surface area contributed by atoms with E-state index in [2.05, 4.69) is 22.2 Å². The Kier molecular flexibility index (Phi) is 7.83. The van der Waals surface area contributed by atoms with E-state index in [0.717, 1.165) is 30.6 Å². The number of aromatic nitrogens is 4. The molecule has 5 heterocycles. The molecule has 0 spiro atoms. The van der Waals surface area contributed by atoms with Crippen molar-refractivity contribution >= 4 is 27.7 Å². The Balaban J connectivity index is 1.38. The van der Waals surface area contributed by atoms with Crippen molar-refractivity contribution in [2.45, 2.75) is 69.0 Å². The summed E-state index contributed by atoms with van der Waals surface area (Å²) in [7, 11) is -3.60. The van der Waals surface area contributed by atoms with Crippen molar-refractivity contribution in [1.82, 2.24) is 19.5 Å². The number of anilines is 2. The molecule has 2 aromatic heterocycles. The standard InChI is InChI=1S/C25H33F3N6O5S/c1-24(5-10-38-11-6-24)18-14-34(9-12-39-40(2,36)37)22(31-18)16-3-7-33(8-4-16)23-20-17(25(26,27)28)13-19(35)32-21(20)29-15-30-23/h14-17H,3-13H2,1-2H3,(H,29,30,32,35)/t17-/m1/s1. The molecule has 2 saturated heterocycles. The maximum absolute atomic E-state index is 13.9. The lowest BCUT2D eigenvalue weighted by Gasteiger charge is -2.36. The number of amides is 1. The summed E-state index contributed by atoms with van der Waals surface area (Å²) in [6.07, 6.45) is 1.68. The maximum atomic E-state index is 13.9. The zero-order valence-electron chi connectivity index (χ0n) is 22.4. The number of imidazole rings is 1. The summed E-state index contributed by atoms with van der Waals surface area (Å²) in [6, 6.07) is 0. The third-order valence-corrected chi connectivity index (χ3v) is 8.66. The predicted molar refractivity (Wildman–Crippen MR) is 139 cm³/mol. The lowest BCUT2D eigenvalue weighted by Crippen LogP contribution is -2.38. The SMILES string of the molecule is CC1(c2cn(CCOS(C)(=O)=O)c(C3CCN(c4ncnc5c4[C@H](C(F)(F)F)CC(=O)N5)CC3)n2)CCOCC1. The van der Waals surface area contributed by atoms with Crippen LogP contribution in [0.4, 0.5) is 24.8 Å². The summed E-state index contributed by atoms with van der Waals surface area (Å²) in [4.78, 5) is 26.9. The van der Waals surface area contributed by atoms with Crippen molar-refractivity contribution < 1.29 is 35.3 Å². The first-order valence-corrected chi connectivity index (χ1v) is 15.1. The molecule has 1 amide bonds. The summed E-state index contributed by atoms with van der Waals surface area (Å²) >= 11 is 0. The molecule has 0 radical (unpaired) electrons. The van der Waals surface area contributed by atoms with Gasteiger partial charge in [-0.15, -0.1) is 0 Å². The van der Waals surface area contributed by atoms with Crippen LogP contribution in [0, 0.1) is 0 Å². The Bertz CT molecular complexity index is 1350. The molecule has 5 rings (SSSR count). The van der Waals surface area contributed by atoms with Crippen LogP contribution >= 0.6 is 0 Å². The van der Waals surface area contributed by atoms with E-state index in [1.54, 1.807) is 0 Å². The molecule has 0 aliphatic carbocycles. The second-order valence-corrected chi connectivity index (χ2v) is 12.6. The average molecular weight is 587 g/mol. The average Bonchev–Trinajstić information content (AvgIpc) is 3.32. The van der Waals surface area contributed by atoms with Gasteiger partial charge in [-0.2, -0.15) is 21.6 Å². The van der Waals surface area contributed by atoms with E-state index >= 15 is 0 Å². The zero-order valence-corrected chi connectivity index (χ0v) is 23.2. The van der Waals surface area contributed by atoms with Crippen molar-refractivity contribution in [3.05, 3.63) is 29.6 Å². The molecule has 0 unspecified atom stereocenters. The van der Waals surface area contributed by atoms with Crippen molar-refractivity contribution in [2.24, 2.45) is 0 Å². The minimum atomic E-state index is -4.61. The molecule has 0 saturated carbocycles. The van der Waals surface area contributed by atoms with Gasteiger partial charge < -0.3 is 19.5 Å². The highest BCUT2D eigenvalue weighted by atomic mass is 32.2. The van der Waals surface area contributed by atoms with Gasteiger partial charge in [0.15, 0.2) is 0 Å². The van der Waals surface area contributed by atoms with E-state index < -0.39 is 34.5 Å². The number of halogens is 3. The van der Waals surface area contributed by atoms with E-state index in [1.807, 2.05) is 15.7 Å². The van der Waals surface area contributed by atoms with Crippen LogP contribution in [0.5, 0.6) is 0 Å². The molecular weight excluding hydrogens is 553 g/mol. The Morgan fingerprint density at radius 1 is 1.20 bits per heavy atom. The van der Waals surface area contributed by atoms with Gasteiger partial charge in [-0.25, -0.2) is 15.0 Å². The molecule has 2 aromatic rings. The number of piperidine rings is 1. The van der Waals surface area contributed by atoms with Gasteiger partial charge in [0.05, 0.1) is 30.0 Å². The Hall–Kier alpha value is -2.78. The normalized spacial score (nSPS) is 22.2. The van der Waals surface area contributed by atoms with Crippen LogP contribution in [0.15, 0.2) is 12.5 Å². The molecule has 2 fully saturated rings. The lowest BCUT2D eigenvalue weighted by molar-refractivity contribution is -0.156. The Morgan fingerprint density at radius 2 is 1.90 bits per heavy atom. The number of fused-ring (bicyclic) bond motifs is 1. The van der Waals surface area contributed by atoms with Crippen molar-refractivity contribution in [2.75, 3.05) is 49.4 Å². The third-order valence-electron chi connectivity index (χ3n) is 8.07. The molecule has 1 N–H and O–H groups in total. The van der Waals surface area contributed by atoms with Crippen LogP contribution in [0.2, 0.25) is 0 Å². The summed E-state index contributed by atoms with van der Waals surface area (Å²) in [6.45, 7) is 4.55. The quantitative estimate of drug-likeness (QED) is 0.487. The number of carbonyl (C=O) groups is 1. The number of alkyl halides is 3. The second-order valence-electron chi connectivity index (χ2n) is 10.9. The van der Waals surface area contributed by atoms with Gasteiger partial charge in [0.25, 0.3) is 10.1 Å². The predicted octanol–water partition coefficient (Wildman–Crippen LogP) is 3.09. The molecule has 15 heteroatoms. The lowest BCUT2D eigenvalue weighted by atomic mass is 9.80. The van der Waals surface area contributed by atoms with Gasteiger partial charge in [-0.3, -0.25) is 8.98 Å². The molecule has 220 valence electrons. The van der Waals surface area contributed by atoms with Crippen LogP contribution in [0.3, 0.4) is 0 Å². The largest absolute Gasteiger partial charge is 0.396 e. The number of nitrogens with one attached hydrogen (secondary N) is 1. The summed E-state index contributed by atoms with van der Waals surface area (Å²) in [5, 5.41) is 2.46. The third kappa shape index (κ3) is 6.10. The Labute approximate surface area is 230 Å². The highest BCUT2D eigenvalue weighted by Crippen LogP contribution is 2.46. The summed E-state index contributed by atoms with van der Waals surface area (Å²) in [5.41, 5.74) is 0.650. The number of hydrogen-bond donors (Lipinski definition) is 1. The fourth-order valence-electron chi connectivity index (χ4n) is 5.75. The Morgan fingerprint density at radius 3 is 2.55 bits per heavy atom. The first kappa shape index (κ1) is 28.7. The van der Waals surface area contributed by atoms with E-state index in [4.69, 9.17) is 13.9 Å². The molecular formula is C25H33F3N6O5S.